The van der Waals surface area contributed by atoms with Gasteiger partial charge < -0.3 is 0 Å². The van der Waals surface area contributed by atoms with Gasteiger partial charge in [-0.2, -0.15) is 0 Å². The van der Waals surface area contributed by atoms with Gasteiger partial charge in [-0.1, -0.05) is 41.7 Å². The predicted octanol–water partition coefficient (Wildman–Crippen LogP) is 4.91. The van der Waals surface area contributed by atoms with Crippen LogP contribution in [0.2, 0.25) is 0 Å². The summed E-state index contributed by atoms with van der Waals surface area (Å²) in [7, 11) is 1.27. The van der Waals surface area contributed by atoms with Crippen molar-refractivity contribution in [3.05, 3.63) is 58.3 Å². The molecule has 0 saturated heterocycles. The number of thioether (sulfide) groups is 1. The lowest BCUT2D eigenvalue weighted by molar-refractivity contribution is 0.100. The van der Waals surface area contributed by atoms with E-state index >= 15 is 0 Å². The van der Waals surface area contributed by atoms with Crippen LogP contribution in [0.5, 0.6) is 0 Å². The van der Waals surface area contributed by atoms with E-state index in [-0.39, 0.29) is 20.8 Å². The molecule has 2 heterocycles. The lowest BCUT2D eigenvalue weighted by Gasteiger charge is -1.97. The van der Waals surface area contributed by atoms with Crippen molar-refractivity contribution in [3.8, 4) is 0 Å². The molecular formula is C17H15ClN2O4S4. The zero-order valence-corrected chi connectivity index (χ0v) is 18.8. The van der Waals surface area contributed by atoms with E-state index in [4.69, 9.17) is 10.7 Å². The number of rotatable bonds is 6. The van der Waals surface area contributed by atoms with Crippen LogP contribution in [0.15, 0.2) is 51.1 Å². The second kappa shape index (κ2) is 10.3. The maximum atomic E-state index is 11.1. The lowest BCUT2D eigenvalue weighted by atomic mass is 10.2. The van der Waals surface area contributed by atoms with E-state index in [9.17, 15) is 18.0 Å². The zero-order valence-electron chi connectivity index (χ0n) is 14.8. The molecule has 2 aromatic heterocycles. The smallest absolute Gasteiger partial charge is 0.272 e. The number of hydrogen-bond donors (Lipinski definition) is 0. The number of benzene rings is 1. The molecule has 3 rings (SSSR count). The highest BCUT2D eigenvalue weighted by Gasteiger charge is 2.15. The Morgan fingerprint density at radius 2 is 1.57 bits per heavy atom. The van der Waals surface area contributed by atoms with E-state index in [1.807, 2.05) is 18.2 Å². The molecule has 0 fully saturated rings. The number of ketones is 2. The van der Waals surface area contributed by atoms with Gasteiger partial charge in [0.15, 0.2) is 25.8 Å². The van der Waals surface area contributed by atoms with Crippen LogP contribution < -0.4 is 0 Å². The Bertz CT molecular complexity index is 1060. The van der Waals surface area contributed by atoms with Crippen molar-refractivity contribution in [2.75, 3.05) is 0 Å². The van der Waals surface area contributed by atoms with Crippen molar-refractivity contribution in [1.29, 1.82) is 0 Å². The third-order valence-corrected chi connectivity index (χ3v) is 8.56. The van der Waals surface area contributed by atoms with Crippen LogP contribution in [0.3, 0.4) is 0 Å². The number of hydrogen-bond acceptors (Lipinski definition) is 9. The first-order valence-electron chi connectivity index (χ1n) is 7.71. The van der Waals surface area contributed by atoms with Crippen LogP contribution >= 0.6 is 45.1 Å². The highest BCUT2D eigenvalue weighted by Crippen LogP contribution is 2.28. The van der Waals surface area contributed by atoms with Crippen molar-refractivity contribution in [2.24, 2.45) is 0 Å². The quantitative estimate of drug-likeness (QED) is 0.284. The highest BCUT2D eigenvalue weighted by molar-refractivity contribution is 8.15. The van der Waals surface area contributed by atoms with Gasteiger partial charge in [-0.25, -0.2) is 18.4 Å². The summed E-state index contributed by atoms with van der Waals surface area (Å²) in [5.74, 6) is 0.684. The van der Waals surface area contributed by atoms with E-state index in [0.29, 0.717) is 5.01 Å². The molecule has 6 nitrogen and oxygen atoms in total. The molecule has 0 radical (unpaired) electrons. The number of Topliss-reactive ketones (excluding diaryl/α,β-unsaturated/α-hetero) is 2. The summed E-state index contributed by atoms with van der Waals surface area (Å²) in [6.45, 7) is 2.86. The number of aromatic nitrogens is 2. The van der Waals surface area contributed by atoms with Gasteiger partial charge >= 0.3 is 0 Å². The SMILES string of the molecule is CC(=O)c1ncc(S(=O)(=O)Cl)s1.CC(=O)c1ncc(SCc2ccccc2)s1. The van der Waals surface area contributed by atoms with Crippen molar-refractivity contribution < 1.29 is 18.0 Å². The molecule has 0 aliphatic rings. The van der Waals surface area contributed by atoms with E-state index in [2.05, 4.69) is 22.1 Å². The fraction of sp³-hybridized carbons (Fsp3) is 0.176. The molecule has 0 N–H and O–H groups in total. The Hall–Kier alpha value is -1.59. The third kappa shape index (κ3) is 7.10. The Morgan fingerprint density at radius 3 is 2.04 bits per heavy atom. The van der Waals surface area contributed by atoms with E-state index in [1.54, 1.807) is 24.9 Å². The van der Waals surface area contributed by atoms with Crippen LogP contribution in [0.1, 0.15) is 39.0 Å². The Morgan fingerprint density at radius 1 is 1.00 bits per heavy atom. The maximum absolute atomic E-state index is 11.1. The Kier molecular flexibility index (Phi) is 8.32. The van der Waals surface area contributed by atoms with Crippen LogP contribution in [-0.2, 0) is 14.8 Å². The summed E-state index contributed by atoms with van der Waals surface area (Å²) in [4.78, 5) is 29.4. The number of halogens is 1. The van der Waals surface area contributed by atoms with Crippen molar-refractivity contribution in [2.45, 2.75) is 28.0 Å². The van der Waals surface area contributed by atoms with Gasteiger partial charge in [-0.15, -0.1) is 23.1 Å². The molecular weight excluding hydrogens is 460 g/mol. The monoisotopic (exact) mass is 474 g/mol. The standard InChI is InChI=1S/C12H11NOS2.C5H4ClNO3S2/c1-9(14)12-13-7-11(16-12)15-8-10-5-3-2-4-6-10;1-3(8)5-7-2-4(11-5)12(6,9)10/h2-7H,8H2,1H3;2H,1H3. The first-order valence-corrected chi connectivity index (χ1v) is 12.6. The molecule has 0 aliphatic heterocycles. The fourth-order valence-electron chi connectivity index (χ4n) is 1.75. The highest BCUT2D eigenvalue weighted by atomic mass is 35.7. The fourth-order valence-corrected chi connectivity index (χ4v) is 5.34. The summed E-state index contributed by atoms with van der Waals surface area (Å²) in [6.07, 6.45) is 2.85. The number of carbonyl (C=O) groups excluding carboxylic acids is 2. The lowest BCUT2D eigenvalue weighted by Crippen LogP contribution is -1.87. The molecule has 3 aromatic rings. The average Bonchev–Trinajstić information content (AvgIpc) is 3.31. The summed E-state index contributed by atoms with van der Waals surface area (Å²) in [5, 5.41) is 0.741. The molecule has 0 atom stereocenters. The predicted molar refractivity (Wildman–Crippen MR) is 113 cm³/mol. The molecule has 0 unspecified atom stereocenters. The third-order valence-electron chi connectivity index (χ3n) is 3.04. The second-order valence-electron chi connectivity index (χ2n) is 5.29. The normalized spacial score (nSPS) is 10.8. The number of nitrogens with zero attached hydrogens (tertiary/aromatic N) is 2. The van der Waals surface area contributed by atoms with Gasteiger partial charge in [0.2, 0.25) is 0 Å². The first-order chi connectivity index (χ1) is 13.2. The van der Waals surface area contributed by atoms with Gasteiger partial charge in [-0.3, -0.25) is 9.59 Å². The van der Waals surface area contributed by atoms with Crippen molar-refractivity contribution >= 4 is 65.7 Å². The largest absolute Gasteiger partial charge is 0.292 e. The van der Waals surface area contributed by atoms with E-state index in [1.165, 1.54) is 23.8 Å². The van der Waals surface area contributed by atoms with Crippen molar-refractivity contribution in [1.82, 2.24) is 9.97 Å². The Labute approximate surface area is 179 Å². The minimum absolute atomic E-state index is 0.0385. The number of carbonyl (C=O) groups is 2. The van der Waals surface area contributed by atoms with E-state index < -0.39 is 9.05 Å². The Balaban J connectivity index is 0.000000209. The van der Waals surface area contributed by atoms with Gasteiger partial charge in [0.1, 0.15) is 0 Å². The van der Waals surface area contributed by atoms with Gasteiger partial charge in [-0.05, 0) is 5.56 Å². The second-order valence-corrected chi connectivity index (χ2v) is 11.4. The van der Waals surface area contributed by atoms with Gasteiger partial charge in [0.05, 0.1) is 16.6 Å². The summed E-state index contributed by atoms with van der Waals surface area (Å²) in [6, 6.07) is 10.3. The average molecular weight is 475 g/mol. The summed E-state index contributed by atoms with van der Waals surface area (Å²) in [5.41, 5.74) is 1.28. The number of thiazole rings is 2. The molecule has 0 bridgehead atoms. The van der Waals surface area contributed by atoms with Crippen LogP contribution in [0.4, 0.5) is 0 Å². The first kappa shape index (κ1) is 22.7. The maximum Gasteiger partial charge on any atom is 0.272 e. The van der Waals surface area contributed by atoms with Gasteiger partial charge in [0, 0.05) is 30.3 Å². The molecule has 0 saturated carbocycles. The zero-order chi connectivity index (χ0) is 20.7. The van der Waals surface area contributed by atoms with Crippen LogP contribution in [0, 0.1) is 0 Å². The molecule has 0 spiro atoms. The van der Waals surface area contributed by atoms with Crippen LogP contribution in [0.25, 0.3) is 0 Å². The minimum Gasteiger partial charge on any atom is -0.292 e. The van der Waals surface area contributed by atoms with Crippen molar-refractivity contribution in [3.63, 3.8) is 0 Å². The minimum atomic E-state index is -3.74. The van der Waals surface area contributed by atoms with Gasteiger partial charge in [0.25, 0.3) is 9.05 Å². The van der Waals surface area contributed by atoms with Crippen LogP contribution in [-0.4, -0.2) is 30.0 Å². The summed E-state index contributed by atoms with van der Waals surface area (Å²) < 4.78 is 22.4. The molecule has 1 aromatic carbocycles. The molecule has 0 amide bonds. The molecule has 0 aliphatic carbocycles. The molecule has 28 heavy (non-hydrogen) atoms. The summed E-state index contributed by atoms with van der Waals surface area (Å²) >= 11 is 3.95. The molecule has 11 heteroatoms. The topological polar surface area (TPSA) is 94.1 Å². The molecule has 148 valence electrons. The van der Waals surface area contributed by atoms with E-state index in [0.717, 1.165) is 27.5 Å².